The van der Waals surface area contributed by atoms with Crippen molar-refractivity contribution in [1.82, 2.24) is 5.32 Å². The first-order valence-electron chi connectivity index (χ1n) is 5.97. The van der Waals surface area contributed by atoms with Gasteiger partial charge in [0.2, 0.25) is 0 Å². The first-order valence-corrected chi connectivity index (χ1v) is 5.97. The molecule has 0 unspecified atom stereocenters. The molecule has 1 fully saturated rings. The van der Waals surface area contributed by atoms with Crippen LogP contribution >= 0.6 is 0 Å². The van der Waals surface area contributed by atoms with E-state index in [0.29, 0.717) is 24.1 Å². The lowest BCUT2D eigenvalue weighted by molar-refractivity contribution is -0.143. The fraction of sp³-hybridized carbons (Fsp3) is 0.385. The van der Waals surface area contributed by atoms with E-state index in [1.165, 1.54) is 6.07 Å². The van der Waals surface area contributed by atoms with Gasteiger partial charge in [0.25, 0.3) is 0 Å². The summed E-state index contributed by atoms with van der Waals surface area (Å²) in [5.74, 6) is -1.30. The number of carboxylic acids is 1. The number of anilines is 1. The summed E-state index contributed by atoms with van der Waals surface area (Å²) >= 11 is 0. The molecule has 2 amide bonds. The smallest absolute Gasteiger partial charge is 0.319 e. The molecule has 3 N–H and O–H groups in total. The maximum absolute atomic E-state index is 13.3. The second kappa shape index (κ2) is 4.87. The van der Waals surface area contributed by atoms with Crippen molar-refractivity contribution in [2.75, 3.05) is 11.9 Å². The molecule has 0 aliphatic heterocycles. The highest BCUT2D eigenvalue weighted by Gasteiger charge is 2.50. The number of carbonyl (C=O) groups is 2. The number of carbonyl (C=O) groups excluding carboxylic acids is 1. The molecule has 1 aromatic rings. The van der Waals surface area contributed by atoms with Gasteiger partial charge in [-0.2, -0.15) is 0 Å². The Morgan fingerprint density at radius 3 is 2.63 bits per heavy atom. The van der Waals surface area contributed by atoms with Crippen molar-refractivity contribution in [3.05, 3.63) is 29.6 Å². The first-order chi connectivity index (χ1) is 8.93. The molecule has 1 aliphatic carbocycles. The Balaban J connectivity index is 1.88. The van der Waals surface area contributed by atoms with Gasteiger partial charge in [0, 0.05) is 12.2 Å². The van der Waals surface area contributed by atoms with Gasteiger partial charge in [0.15, 0.2) is 0 Å². The predicted molar refractivity (Wildman–Crippen MR) is 67.5 cm³/mol. The van der Waals surface area contributed by atoms with Crippen LogP contribution in [-0.4, -0.2) is 23.7 Å². The van der Waals surface area contributed by atoms with Crippen molar-refractivity contribution in [2.24, 2.45) is 5.41 Å². The fourth-order valence-electron chi connectivity index (χ4n) is 1.71. The molecular formula is C13H15FN2O3. The van der Waals surface area contributed by atoms with Crippen LogP contribution in [-0.2, 0) is 4.79 Å². The Morgan fingerprint density at radius 2 is 2.11 bits per heavy atom. The number of benzene rings is 1. The highest BCUT2D eigenvalue weighted by molar-refractivity contribution is 5.90. The highest BCUT2D eigenvalue weighted by Crippen LogP contribution is 2.45. The number of hydrogen-bond donors (Lipinski definition) is 3. The van der Waals surface area contributed by atoms with E-state index in [1.54, 1.807) is 19.1 Å². The van der Waals surface area contributed by atoms with E-state index in [-0.39, 0.29) is 6.54 Å². The van der Waals surface area contributed by atoms with Crippen LogP contribution in [0.3, 0.4) is 0 Å². The van der Waals surface area contributed by atoms with Gasteiger partial charge in [-0.15, -0.1) is 0 Å². The summed E-state index contributed by atoms with van der Waals surface area (Å²) in [6, 6.07) is 3.84. The molecule has 0 spiro atoms. The third kappa shape index (κ3) is 3.01. The van der Waals surface area contributed by atoms with Crippen LogP contribution in [0.4, 0.5) is 14.9 Å². The third-order valence-corrected chi connectivity index (χ3v) is 3.32. The van der Waals surface area contributed by atoms with Crippen molar-refractivity contribution < 1.29 is 19.1 Å². The van der Waals surface area contributed by atoms with E-state index in [0.717, 1.165) is 0 Å². The fourth-order valence-corrected chi connectivity index (χ4v) is 1.71. The Morgan fingerprint density at radius 1 is 1.42 bits per heavy atom. The van der Waals surface area contributed by atoms with Gasteiger partial charge in [0.1, 0.15) is 5.82 Å². The van der Waals surface area contributed by atoms with Crippen LogP contribution < -0.4 is 10.6 Å². The van der Waals surface area contributed by atoms with Crippen molar-refractivity contribution in [2.45, 2.75) is 19.8 Å². The van der Waals surface area contributed by atoms with E-state index in [9.17, 15) is 14.0 Å². The number of nitrogens with one attached hydrogen (secondary N) is 2. The van der Waals surface area contributed by atoms with Crippen LogP contribution in [0.2, 0.25) is 0 Å². The Labute approximate surface area is 109 Å². The number of halogens is 1. The number of aryl methyl sites for hydroxylation is 1. The summed E-state index contributed by atoms with van der Waals surface area (Å²) in [5.41, 5.74) is 0.0186. The maximum Gasteiger partial charge on any atom is 0.319 e. The average Bonchev–Trinajstić information content (AvgIpc) is 3.13. The van der Waals surface area contributed by atoms with Gasteiger partial charge in [-0.1, -0.05) is 6.07 Å². The van der Waals surface area contributed by atoms with E-state index >= 15 is 0 Å². The topological polar surface area (TPSA) is 78.4 Å². The summed E-state index contributed by atoms with van der Waals surface area (Å²) in [6.07, 6.45) is 1.14. The number of carboxylic acid groups (broad SMARTS) is 1. The van der Waals surface area contributed by atoms with Gasteiger partial charge in [-0.3, -0.25) is 4.79 Å². The Kier molecular flexibility index (Phi) is 3.42. The lowest BCUT2D eigenvalue weighted by Gasteiger charge is -2.12. The van der Waals surface area contributed by atoms with Crippen molar-refractivity contribution >= 4 is 17.7 Å². The second-order valence-corrected chi connectivity index (χ2v) is 4.86. The van der Waals surface area contributed by atoms with Crippen LogP contribution in [0.5, 0.6) is 0 Å². The Bertz CT molecular complexity index is 527. The lowest BCUT2D eigenvalue weighted by atomic mass is 10.1. The maximum atomic E-state index is 13.3. The third-order valence-electron chi connectivity index (χ3n) is 3.32. The van der Waals surface area contributed by atoms with Gasteiger partial charge in [-0.25, -0.2) is 9.18 Å². The van der Waals surface area contributed by atoms with Crippen LogP contribution in [0.1, 0.15) is 18.4 Å². The standard InChI is InChI=1S/C13H15FN2O3/c1-8-2-3-9(6-10(8)14)16-12(19)15-7-13(4-5-13)11(17)18/h2-3,6H,4-5,7H2,1H3,(H,17,18)(H2,15,16,19). The molecule has 0 radical (unpaired) electrons. The number of urea groups is 1. The zero-order valence-corrected chi connectivity index (χ0v) is 10.5. The van der Waals surface area contributed by atoms with E-state index < -0.39 is 23.2 Å². The number of aliphatic carboxylic acids is 1. The molecule has 2 rings (SSSR count). The second-order valence-electron chi connectivity index (χ2n) is 4.86. The minimum atomic E-state index is -0.894. The molecule has 6 heteroatoms. The molecular weight excluding hydrogens is 251 g/mol. The zero-order chi connectivity index (χ0) is 14.0. The molecule has 0 atom stereocenters. The average molecular weight is 266 g/mol. The molecule has 19 heavy (non-hydrogen) atoms. The summed E-state index contributed by atoms with van der Waals surface area (Å²) < 4.78 is 13.3. The molecule has 0 bridgehead atoms. The minimum absolute atomic E-state index is 0.0858. The molecule has 102 valence electrons. The molecule has 1 aromatic carbocycles. The summed E-state index contributed by atoms with van der Waals surface area (Å²) in [5, 5.41) is 13.9. The molecule has 1 saturated carbocycles. The lowest BCUT2D eigenvalue weighted by Crippen LogP contribution is -2.36. The van der Waals surface area contributed by atoms with Crippen LogP contribution in [0.15, 0.2) is 18.2 Å². The zero-order valence-electron chi connectivity index (χ0n) is 10.5. The molecule has 0 heterocycles. The highest BCUT2D eigenvalue weighted by atomic mass is 19.1. The molecule has 1 aliphatic rings. The SMILES string of the molecule is Cc1ccc(NC(=O)NCC2(C(=O)O)CC2)cc1F. The van der Waals surface area contributed by atoms with E-state index in [1.807, 2.05) is 0 Å². The van der Waals surface area contributed by atoms with Gasteiger partial charge in [-0.05, 0) is 37.5 Å². The van der Waals surface area contributed by atoms with E-state index in [2.05, 4.69) is 10.6 Å². The Hall–Kier alpha value is -2.11. The number of amides is 2. The molecule has 0 aromatic heterocycles. The van der Waals surface area contributed by atoms with Crippen LogP contribution in [0, 0.1) is 18.2 Å². The van der Waals surface area contributed by atoms with Gasteiger partial charge in [0.05, 0.1) is 5.41 Å². The predicted octanol–water partition coefficient (Wildman–Crippen LogP) is 2.12. The van der Waals surface area contributed by atoms with Crippen molar-refractivity contribution in [3.8, 4) is 0 Å². The summed E-state index contributed by atoms with van der Waals surface area (Å²) in [4.78, 5) is 22.5. The van der Waals surface area contributed by atoms with E-state index in [4.69, 9.17) is 5.11 Å². The van der Waals surface area contributed by atoms with Gasteiger partial charge < -0.3 is 15.7 Å². The molecule has 0 saturated heterocycles. The largest absolute Gasteiger partial charge is 0.481 e. The monoisotopic (exact) mass is 266 g/mol. The number of hydrogen-bond acceptors (Lipinski definition) is 2. The summed E-state index contributed by atoms with van der Waals surface area (Å²) in [7, 11) is 0. The van der Waals surface area contributed by atoms with Gasteiger partial charge >= 0.3 is 12.0 Å². The summed E-state index contributed by atoms with van der Waals surface area (Å²) in [6.45, 7) is 1.71. The van der Waals surface area contributed by atoms with Crippen LogP contribution in [0.25, 0.3) is 0 Å². The molecule has 5 nitrogen and oxygen atoms in total. The quantitative estimate of drug-likeness (QED) is 0.781. The number of rotatable bonds is 4. The first kappa shape index (κ1) is 13.3. The van der Waals surface area contributed by atoms with Crippen molar-refractivity contribution in [1.29, 1.82) is 0 Å². The van der Waals surface area contributed by atoms with Crippen molar-refractivity contribution in [3.63, 3.8) is 0 Å². The normalized spacial score (nSPS) is 15.7. The minimum Gasteiger partial charge on any atom is -0.481 e.